The van der Waals surface area contributed by atoms with Crippen LogP contribution in [0, 0.1) is 15.9 Å². The van der Waals surface area contributed by atoms with Gasteiger partial charge in [-0.1, -0.05) is 12.1 Å². The first kappa shape index (κ1) is 18.7. The predicted octanol–water partition coefficient (Wildman–Crippen LogP) is 2.11. The number of aliphatic hydroxyl groups is 2. The van der Waals surface area contributed by atoms with Gasteiger partial charge in [0.1, 0.15) is 11.9 Å². The van der Waals surface area contributed by atoms with Crippen molar-refractivity contribution in [2.24, 2.45) is 0 Å². The summed E-state index contributed by atoms with van der Waals surface area (Å²) in [5, 5.41) is 35.8. The van der Waals surface area contributed by atoms with Crippen LogP contribution in [0.2, 0.25) is 0 Å². The summed E-state index contributed by atoms with van der Waals surface area (Å²) in [5.41, 5.74) is 0.411. The third-order valence-electron chi connectivity index (χ3n) is 3.46. The molecule has 0 radical (unpaired) electrons. The van der Waals surface area contributed by atoms with E-state index in [1.165, 1.54) is 42.5 Å². The molecule has 0 aromatic heterocycles. The molecule has 2 unspecified atom stereocenters. The van der Waals surface area contributed by atoms with Crippen LogP contribution in [0.5, 0.6) is 0 Å². The molecule has 0 amide bonds. The Morgan fingerprint density at radius 1 is 1.24 bits per heavy atom. The van der Waals surface area contributed by atoms with Gasteiger partial charge in [-0.15, -0.1) is 0 Å². The number of thiocarbonyl (C=S) groups is 1. The molecule has 4 N–H and O–H groups in total. The zero-order chi connectivity index (χ0) is 18.4. The fourth-order valence-electron chi connectivity index (χ4n) is 2.14. The third-order valence-corrected chi connectivity index (χ3v) is 3.68. The molecule has 7 nitrogen and oxygen atoms in total. The molecule has 0 aliphatic rings. The topological polar surface area (TPSA) is 108 Å². The van der Waals surface area contributed by atoms with Crippen LogP contribution in [0.1, 0.15) is 11.7 Å². The second kappa shape index (κ2) is 8.47. The number of anilines is 1. The molecule has 25 heavy (non-hydrogen) atoms. The highest BCUT2D eigenvalue weighted by molar-refractivity contribution is 7.80. The first-order valence-corrected chi connectivity index (χ1v) is 7.68. The van der Waals surface area contributed by atoms with Gasteiger partial charge in [-0.3, -0.25) is 10.1 Å². The lowest BCUT2D eigenvalue weighted by molar-refractivity contribution is -0.384. The number of hydrogen-bond donors (Lipinski definition) is 4. The van der Waals surface area contributed by atoms with Gasteiger partial charge in [0.15, 0.2) is 5.11 Å². The minimum atomic E-state index is -1.17. The summed E-state index contributed by atoms with van der Waals surface area (Å²) in [5.74, 6) is -0.497. The molecule has 2 aromatic rings. The van der Waals surface area contributed by atoms with Crippen LogP contribution in [-0.2, 0) is 0 Å². The van der Waals surface area contributed by atoms with E-state index in [0.29, 0.717) is 5.56 Å². The molecule has 0 saturated heterocycles. The highest BCUT2D eigenvalue weighted by atomic mass is 32.1. The van der Waals surface area contributed by atoms with Crippen molar-refractivity contribution >= 4 is 28.7 Å². The molecular weight excluding hydrogens is 349 g/mol. The van der Waals surface area contributed by atoms with E-state index in [9.17, 15) is 24.7 Å². The quantitative estimate of drug-likeness (QED) is 0.353. The number of nitro benzene ring substituents is 1. The Morgan fingerprint density at radius 3 is 2.44 bits per heavy atom. The van der Waals surface area contributed by atoms with Crippen molar-refractivity contribution in [2.45, 2.75) is 12.1 Å². The molecule has 2 rings (SSSR count). The number of aliphatic hydroxyl groups excluding tert-OH is 2. The summed E-state index contributed by atoms with van der Waals surface area (Å²) in [6.45, 7) is -0.461. The van der Waals surface area contributed by atoms with Gasteiger partial charge in [-0.2, -0.15) is 0 Å². The Kier molecular flexibility index (Phi) is 6.34. The monoisotopic (exact) mass is 365 g/mol. The second-order valence-corrected chi connectivity index (χ2v) is 5.57. The number of rotatable bonds is 6. The van der Waals surface area contributed by atoms with Gasteiger partial charge in [0.05, 0.1) is 23.3 Å². The number of halogens is 1. The number of nitrogens with zero attached hydrogens (tertiary/aromatic N) is 1. The second-order valence-electron chi connectivity index (χ2n) is 5.16. The fraction of sp³-hybridized carbons (Fsp3) is 0.188. The Labute approximate surface area is 148 Å². The van der Waals surface area contributed by atoms with E-state index in [2.05, 4.69) is 10.6 Å². The third kappa shape index (κ3) is 4.92. The van der Waals surface area contributed by atoms with Crippen LogP contribution in [0.15, 0.2) is 48.5 Å². The van der Waals surface area contributed by atoms with Gasteiger partial charge >= 0.3 is 0 Å². The molecule has 0 bridgehead atoms. The highest BCUT2D eigenvalue weighted by Crippen LogP contribution is 2.20. The molecule has 0 aliphatic carbocycles. The summed E-state index contributed by atoms with van der Waals surface area (Å²) in [7, 11) is 0. The largest absolute Gasteiger partial charge is 0.394 e. The van der Waals surface area contributed by atoms with Gasteiger partial charge in [-0.25, -0.2) is 4.39 Å². The lowest BCUT2D eigenvalue weighted by Gasteiger charge is -2.24. The van der Waals surface area contributed by atoms with E-state index in [-0.39, 0.29) is 16.5 Å². The van der Waals surface area contributed by atoms with Crippen molar-refractivity contribution in [1.82, 2.24) is 5.32 Å². The number of nitrogens with one attached hydrogen (secondary N) is 2. The van der Waals surface area contributed by atoms with Crippen LogP contribution in [0.4, 0.5) is 15.8 Å². The Balaban J connectivity index is 2.04. The molecule has 0 heterocycles. The predicted molar refractivity (Wildman–Crippen MR) is 94.7 cm³/mol. The molecule has 0 saturated carbocycles. The number of benzene rings is 2. The maximum Gasteiger partial charge on any atom is 0.269 e. The molecular formula is C16H16FN3O4S. The van der Waals surface area contributed by atoms with E-state index in [0.717, 1.165) is 0 Å². The normalized spacial score (nSPS) is 12.9. The minimum absolute atomic E-state index is 0.0186. The van der Waals surface area contributed by atoms with Crippen LogP contribution >= 0.6 is 12.2 Å². The molecule has 0 aliphatic heterocycles. The fourth-order valence-corrected chi connectivity index (χ4v) is 2.40. The summed E-state index contributed by atoms with van der Waals surface area (Å²) in [4.78, 5) is 10.1. The Hall–Kier alpha value is -2.62. The molecule has 2 aromatic carbocycles. The van der Waals surface area contributed by atoms with E-state index >= 15 is 0 Å². The van der Waals surface area contributed by atoms with Gasteiger partial charge in [0, 0.05) is 12.1 Å². The van der Waals surface area contributed by atoms with E-state index in [4.69, 9.17) is 12.2 Å². The van der Waals surface area contributed by atoms with E-state index in [1.54, 1.807) is 6.07 Å². The molecule has 132 valence electrons. The molecule has 9 heteroatoms. The standard InChI is InChI=1S/C16H16FN3O4S/c17-12-3-1-2-4-13(12)18-16(25)19-14(9-21)15(22)10-5-7-11(8-6-10)20(23)24/h1-8,14-15,21-22H,9H2,(H2,18,19,25). The lowest BCUT2D eigenvalue weighted by Crippen LogP contribution is -2.44. The summed E-state index contributed by atoms with van der Waals surface area (Å²) in [6.07, 6.45) is -1.17. The van der Waals surface area contributed by atoms with Crippen molar-refractivity contribution in [3.8, 4) is 0 Å². The lowest BCUT2D eigenvalue weighted by atomic mass is 10.0. The average Bonchev–Trinajstić information content (AvgIpc) is 2.61. The van der Waals surface area contributed by atoms with Crippen LogP contribution in [0.25, 0.3) is 0 Å². The van der Waals surface area contributed by atoms with Crippen LogP contribution in [-0.4, -0.2) is 32.9 Å². The van der Waals surface area contributed by atoms with E-state index in [1.807, 2.05) is 0 Å². The Morgan fingerprint density at radius 2 is 1.88 bits per heavy atom. The Bertz CT molecular complexity index is 757. The van der Waals surface area contributed by atoms with Crippen molar-refractivity contribution in [2.75, 3.05) is 11.9 Å². The van der Waals surface area contributed by atoms with Crippen molar-refractivity contribution in [1.29, 1.82) is 0 Å². The van der Waals surface area contributed by atoms with Crippen molar-refractivity contribution < 1.29 is 19.5 Å². The first-order valence-electron chi connectivity index (χ1n) is 7.27. The summed E-state index contributed by atoms with van der Waals surface area (Å²) < 4.78 is 13.6. The summed E-state index contributed by atoms with van der Waals surface area (Å²) in [6, 6.07) is 10.3. The van der Waals surface area contributed by atoms with Crippen molar-refractivity contribution in [3.05, 3.63) is 70.0 Å². The van der Waals surface area contributed by atoms with Gasteiger partial charge in [0.25, 0.3) is 5.69 Å². The minimum Gasteiger partial charge on any atom is -0.394 e. The van der Waals surface area contributed by atoms with Crippen molar-refractivity contribution in [3.63, 3.8) is 0 Å². The number of para-hydroxylation sites is 1. The van der Waals surface area contributed by atoms with Gasteiger partial charge in [-0.05, 0) is 42.0 Å². The zero-order valence-corrected chi connectivity index (χ0v) is 13.7. The highest BCUT2D eigenvalue weighted by Gasteiger charge is 2.22. The molecule has 0 spiro atoms. The maximum atomic E-state index is 13.6. The van der Waals surface area contributed by atoms with Gasteiger partial charge < -0.3 is 20.8 Å². The number of non-ortho nitro benzene ring substituents is 1. The smallest absolute Gasteiger partial charge is 0.269 e. The van der Waals surface area contributed by atoms with Crippen LogP contribution < -0.4 is 10.6 Å². The average molecular weight is 365 g/mol. The molecule has 2 atom stereocenters. The first-order chi connectivity index (χ1) is 11.9. The SMILES string of the molecule is O=[N+]([O-])c1ccc(C(O)C(CO)NC(=S)Nc2ccccc2F)cc1. The maximum absolute atomic E-state index is 13.6. The zero-order valence-electron chi connectivity index (χ0n) is 12.9. The number of nitro groups is 1. The summed E-state index contributed by atoms with van der Waals surface area (Å²) >= 11 is 5.06. The van der Waals surface area contributed by atoms with Gasteiger partial charge in [0.2, 0.25) is 0 Å². The number of hydrogen-bond acceptors (Lipinski definition) is 5. The molecule has 0 fully saturated rings. The van der Waals surface area contributed by atoms with Crippen LogP contribution in [0.3, 0.4) is 0 Å². The van der Waals surface area contributed by atoms with E-state index < -0.39 is 29.5 Å².